The number of aromatic carboxylic acids is 1. The number of hydrogen-bond donors (Lipinski definition) is 1. The summed E-state index contributed by atoms with van der Waals surface area (Å²) in [5.41, 5.74) is 0.00957. The predicted molar refractivity (Wildman–Crippen MR) is 71.4 cm³/mol. The van der Waals surface area contributed by atoms with Crippen molar-refractivity contribution in [2.24, 2.45) is 0 Å². The van der Waals surface area contributed by atoms with Crippen molar-refractivity contribution < 1.29 is 23.1 Å². The molecule has 19 heavy (non-hydrogen) atoms. The van der Waals surface area contributed by atoms with Crippen LogP contribution in [-0.2, 0) is 0 Å². The molecule has 0 saturated heterocycles. The average molecular weight is 378 g/mol. The Morgan fingerprint density at radius 2 is 1.63 bits per heavy atom. The van der Waals surface area contributed by atoms with Gasteiger partial charge in [0, 0.05) is 3.57 Å². The molecule has 0 atom stereocenters. The van der Waals surface area contributed by atoms with E-state index in [9.17, 15) is 18.0 Å². The van der Waals surface area contributed by atoms with Gasteiger partial charge in [-0.3, -0.25) is 0 Å². The van der Waals surface area contributed by atoms with E-state index in [2.05, 4.69) is 0 Å². The summed E-state index contributed by atoms with van der Waals surface area (Å²) >= 11 is 1.94. The van der Waals surface area contributed by atoms with Crippen LogP contribution in [-0.4, -0.2) is 11.1 Å². The lowest BCUT2D eigenvalue weighted by molar-refractivity contribution is 0.0697. The minimum atomic E-state index is -1.58. The lowest BCUT2D eigenvalue weighted by atomic mass is 9.99. The quantitative estimate of drug-likeness (QED) is 0.632. The summed E-state index contributed by atoms with van der Waals surface area (Å²) in [6.45, 7) is 0. The van der Waals surface area contributed by atoms with Crippen LogP contribution in [0.3, 0.4) is 0 Å². The molecule has 0 aliphatic rings. The van der Waals surface area contributed by atoms with Gasteiger partial charge in [-0.2, -0.15) is 0 Å². The standard InChI is InChI=1S/C13H6F3IO2/c14-10-3-6(4-11(15)12(10)16)9-5-7(17)1-2-8(9)13(18)19/h1-5H,(H,18,19). The minimum absolute atomic E-state index is 0.0210. The molecule has 6 heteroatoms. The summed E-state index contributed by atoms with van der Waals surface area (Å²) < 4.78 is 40.0. The van der Waals surface area contributed by atoms with Gasteiger partial charge in [0.25, 0.3) is 0 Å². The molecule has 0 bridgehead atoms. The van der Waals surface area contributed by atoms with E-state index in [1.807, 2.05) is 22.6 Å². The van der Waals surface area contributed by atoms with Gasteiger partial charge in [-0.25, -0.2) is 18.0 Å². The van der Waals surface area contributed by atoms with Gasteiger partial charge in [0.05, 0.1) is 5.56 Å². The second-order valence-corrected chi connectivity index (χ2v) is 4.99. The van der Waals surface area contributed by atoms with E-state index in [4.69, 9.17) is 5.11 Å². The Labute approximate surface area is 120 Å². The molecule has 1 N–H and O–H groups in total. The van der Waals surface area contributed by atoms with Crippen LogP contribution in [0.25, 0.3) is 11.1 Å². The lowest BCUT2D eigenvalue weighted by Gasteiger charge is -2.08. The predicted octanol–water partition coefficient (Wildman–Crippen LogP) is 4.07. The third kappa shape index (κ3) is 2.73. The van der Waals surface area contributed by atoms with Crippen LogP contribution < -0.4 is 0 Å². The van der Waals surface area contributed by atoms with E-state index in [0.29, 0.717) is 3.57 Å². The molecule has 0 aliphatic carbocycles. The Morgan fingerprint density at radius 1 is 1.05 bits per heavy atom. The van der Waals surface area contributed by atoms with E-state index >= 15 is 0 Å². The van der Waals surface area contributed by atoms with Crippen LogP contribution in [0.15, 0.2) is 30.3 Å². The zero-order chi connectivity index (χ0) is 14.2. The van der Waals surface area contributed by atoms with Crippen molar-refractivity contribution in [3.05, 3.63) is 56.9 Å². The first-order chi connectivity index (χ1) is 8.90. The highest BCUT2D eigenvalue weighted by molar-refractivity contribution is 14.1. The van der Waals surface area contributed by atoms with Crippen LogP contribution in [0.2, 0.25) is 0 Å². The highest BCUT2D eigenvalue weighted by atomic mass is 127. The number of benzene rings is 2. The van der Waals surface area contributed by atoms with Crippen LogP contribution in [0.1, 0.15) is 10.4 Å². The fraction of sp³-hybridized carbons (Fsp3) is 0. The van der Waals surface area contributed by atoms with Crippen molar-refractivity contribution in [3.63, 3.8) is 0 Å². The zero-order valence-corrected chi connectivity index (χ0v) is 11.4. The summed E-state index contributed by atoms with van der Waals surface area (Å²) in [7, 11) is 0. The Morgan fingerprint density at radius 3 is 2.16 bits per heavy atom. The second-order valence-electron chi connectivity index (χ2n) is 3.75. The molecule has 0 amide bonds. The monoisotopic (exact) mass is 378 g/mol. The first-order valence-corrected chi connectivity index (χ1v) is 6.16. The molecule has 0 aliphatic heterocycles. The maximum absolute atomic E-state index is 13.2. The number of carboxylic acid groups (broad SMARTS) is 1. The smallest absolute Gasteiger partial charge is 0.336 e. The van der Waals surface area contributed by atoms with Gasteiger partial charge in [0.2, 0.25) is 0 Å². The van der Waals surface area contributed by atoms with Gasteiger partial charge >= 0.3 is 5.97 Å². The van der Waals surface area contributed by atoms with Crippen molar-refractivity contribution in [3.8, 4) is 11.1 Å². The van der Waals surface area contributed by atoms with Crippen LogP contribution in [0.4, 0.5) is 13.2 Å². The molecule has 0 spiro atoms. The van der Waals surface area contributed by atoms with E-state index in [0.717, 1.165) is 12.1 Å². The van der Waals surface area contributed by atoms with E-state index in [1.54, 1.807) is 6.07 Å². The topological polar surface area (TPSA) is 37.3 Å². The van der Waals surface area contributed by atoms with Crippen molar-refractivity contribution in [2.45, 2.75) is 0 Å². The van der Waals surface area contributed by atoms with E-state index in [-0.39, 0.29) is 16.7 Å². The summed E-state index contributed by atoms with van der Waals surface area (Å²) in [4.78, 5) is 11.1. The molecular weight excluding hydrogens is 372 g/mol. The minimum Gasteiger partial charge on any atom is -0.478 e. The molecule has 0 saturated carbocycles. The fourth-order valence-corrected chi connectivity index (χ4v) is 2.14. The largest absolute Gasteiger partial charge is 0.478 e. The number of halogens is 4. The third-order valence-corrected chi connectivity index (χ3v) is 3.18. The van der Waals surface area contributed by atoms with Crippen LogP contribution >= 0.6 is 22.6 Å². The number of carboxylic acids is 1. The molecule has 2 nitrogen and oxygen atoms in total. The maximum atomic E-state index is 13.2. The third-order valence-electron chi connectivity index (χ3n) is 2.51. The van der Waals surface area contributed by atoms with Crippen molar-refractivity contribution in [2.75, 3.05) is 0 Å². The summed E-state index contributed by atoms with van der Waals surface area (Å²) in [6, 6.07) is 5.91. The van der Waals surface area contributed by atoms with E-state index < -0.39 is 23.4 Å². The Bertz CT molecular complexity index is 648. The molecule has 0 heterocycles. The molecule has 2 aromatic rings. The second kappa shape index (κ2) is 5.20. The average Bonchev–Trinajstić information content (AvgIpc) is 2.34. The van der Waals surface area contributed by atoms with Crippen LogP contribution in [0, 0.1) is 21.0 Å². The van der Waals surface area contributed by atoms with Gasteiger partial charge in [0.1, 0.15) is 0 Å². The molecule has 98 valence electrons. The number of hydrogen-bond acceptors (Lipinski definition) is 1. The van der Waals surface area contributed by atoms with Crippen molar-refractivity contribution in [1.29, 1.82) is 0 Å². The highest BCUT2D eigenvalue weighted by Crippen LogP contribution is 2.28. The van der Waals surface area contributed by atoms with Gasteiger partial charge in [0.15, 0.2) is 17.5 Å². The van der Waals surface area contributed by atoms with Gasteiger partial charge in [-0.05, 0) is 64.0 Å². The summed E-state index contributed by atoms with van der Waals surface area (Å²) in [5, 5.41) is 9.05. The normalized spacial score (nSPS) is 10.5. The Hall–Kier alpha value is -1.57. The first-order valence-electron chi connectivity index (χ1n) is 5.08. The molecule has 2 aromatic carbocycles. The molecule has 0 fully saturated rings. The van der Waals surface area contributed by atoms with E-state index in [1.165, 1.54) is 12.1 Å². The summed E-state index contributed by atoms with van der Waals surface area (Å²) in [5.74, 6) is -5.52. The summed E-state index contributed by atoms with van der Waals surface area (Å²) in [6.07, 6.45) is 0. The van der Waals surface area contributed by atoms with Crippen LogP contribution in [0.5, 0.6) is 0 Å². The first kappa shape index (κ1) is 13.9. The molecule has 0 aromatic heterocycles. The van der Waals surface area contributed by atoms with Gasteiger partial charge in [-0.1, -0.05) is 0 Å². The van der Waals surface area contributed by atoms with Crippen molar-refractivity contribution in [1.82, 2.24) is 0 Å². The van der Waals surface area contributed by atoms with Gasteiger partial charge < -0.3 is 5.11 Å². The maximum Gasteiger partial charge on any atom is 0.336 e. The lowest BCUT2D eigenvalue weighted by Crippen LogP contribution is -2.01. The SMILES string of the molecule is O=C(O)c1ccc(I)cc1-c1cc(F)c(F)c(F)c1. The Balaban J connectivity index is 2.71. The van der Waals surface area contributed by atoms with Crippen molar-refractivity contribution >= 4 is 28.6 Å². The number of carbonyl (C=O) groups is 1. The Kier molecular flexibility index (Phi) is 3.79. The fourth-order valence-electron chi connectivity index (χ4n) is 1.65. The number of rotatable bonds is 2. The molecule has 0 unspecified atom stereocenters. The molecular formula is C13H6F3IO2. The van der Waals surface area contributed by atoms with Gasteiger partial charge in [-0.15, -0.1) is 0 Å². The molecule has 2 rings (SSSR count). The molecule has 0 radical (unpaired) electrons. The zero-order valence-electron chi connectivity index (χ0n) is 9.25. The highest BCUT2D eigenvalue weighted by Gasteiger charge is 2.16.